The maximum absolute atomic E-state index is 5.98. The van der Waals surface area contributed by atoms with Crippen molar-refractivity contribution in [2.75, 3.05) is 18.1 Å². The number of hydrogen-bond acceptors (Lipinski definition) is 3. The van der Waals surface area contributed by atoms with Crippen LogP contribution in [0.4, 0.5) is 0 Å². The van der Waals surface area contributed by atoms with Crippen LogP contribution < -0.4 is 10.5 Å². The third-order valence-electron chi connectivity index (χ3n) is 3.27. The van der Waals surface area contributed by atoms with Gasteiger partial charge in [0.1, 0.15) is 11.9 Å². The van der Waals surface area contributed by atoms with Crippen molar-refractivity contribution in [1.29, 1.82) is 0 Å². The van der Waals surface area contributed by atoms with Gasteiger partial charge in [-0.15, -0.1) is 0 Å². The molecule has 1 heterocycles. The first-order valence-corrected chi connectivity index (χ1v) is 7.49. The van der Waals surface area contributed by atoms with E-state index in [1.165, 1.54) is 29.9 Å². The average molecular weight is 251 g/mol. The summed E-state index contributed by atoms with van der Waals surface area (Å²) in [6, 6.07) is 8.40. The van der Waals surface area contributed by atoms with Gasteiger partial charge in [0, 0.05) is 0 Å². The smallest absolute Gasteiger partial charge is 0.119 e. The van der Waals surface area contributed by atoms with Crippen molar-refractivity contribution < 1.29 is 4.74 Å². The van der Waals surface area contributed by atoms with Gasteiger partial charge in [0.15, 0.2) is 0 Å². The predicted octanol–water partition coefficient (Wildman–Crippen LogP) is 3.02. The van der Waals surface area contributed by atoms with E-state index in [9.17, 15) is 0 Å². The van der Waals surface area contributed by atoms with Gasteiger partial charge in [0.2, 0.25) is 0 Å². The first kappa shape index (κ1) is 12.8. The van der Waals surface area contributed by atoms with Crippen molar-refractivity contribution in [3.05, 3.63) is 29.8 Å². The molecule has 0 aromatic heterocycles. The first-order chi connectivity index (χ1) is 8.29. The molecule has 0 radical (unpaired) electrons. The molecule has 1 aromatic rings. The lowest BCUT2D eigenvalue weighted by Gasteiger charge is -2.23. The number of benzene rings is 1. The molecule has 1 aliphatic heterocycles. The fourth-order valence-electron chi connectivity index (χ4n) is 2.00. The molecule has 0 spiro atoms. The fraction of sp³-hybridized carbons (Fsp3) is 0.571. The first-order valence-electron chi connectivity index (χ1n) is 6.34. The zero-order valence-electron chi connectivity index (χ0n) is 10.4. The summed E-state index contributed by atoms with van der Waals surface area (Å²) >= 11 is 2.02. The van der Waals surface area contributed by atoms with Gasteiger partial charge >= 0.3 is 0 Å². The molecule has 0 aliphatic carbocycles. The molecule has 0 amide bonds. The third kappa shape index (κ3) is 3.65. The summed E-state index contributed by atoms with van der Waals surface area (Å²) in [5.41, 5.74) is 6.95. The summed E-state index contributed by atoms with van der Waals surface area (Å²) in [4.78, 5) is 0. The van der Waals surface area contributed by atoms with E-state index in [-0.39, 0.29) is 0 Å². The largest absolute Gasteiger partial charge is 0.490 e. The Morgan fingerprint density at radius 1 is 1.29 bits per heavy atom. The summed E-state index contributed by atoms with van der Waals surface area (Å²) < 4.78 is 5.98. The van der Waals surface area contributed by atoms with Crippen molar-refractivity contribution >= 4 is 11.8 Å². The Balaban J connectivity index is 1.93. The number of ether oxygens (including phenoxy) is 1. The maximum atomic E-state index is 5.98. The topological polar surface area (TPSA) is 35.2 Å². The lowest BCUT2D eigenvalue weighted by atomic mass is 10.0. The van der Waals surface area contributed by atoms with E-state index in [1.54, 1.807) is 0 Å². The van der Waals surface area contributed by atoms with Crippen LogP contribution in [0.1, 0.15) is 31.2 Å². The second-order valence-electron chi connectivity index (χ2n) is 4.64. The van der Waals surface area contributed by atoms with E-state index in [0.717, 1.165) is 5.75 Å². The quantitative estimate of drug-likeness (QED) is 0.893. The Morgan fingerprint density at radius 3 is 2.53 bits per heavy atom. The SMILES string of the molecule is CC(CN)c1ccc(OC2CCSCC2)cc1. The summed E-state index contributed by atoms with van der Waals surface area (Å²) in [5.74, 6) is 3.88. The zero-order chi connectivity index (χ0) is 12.1. The monoisotopic (exact) mass is 251 g/mol. The summed E-state index contributed by atoms with van der Waals surface area (Å²) in [6.45, 7) is 2.84. The Hall–Kier alpha value is -0.670. The molecule has 2 rings (SSSR count). The summed E-state index contributed by atoms with van der Waals surface area (Å²) in [5, 5.41) is 0. The molecule has 3 heteroatoms. The van der Waals surface area contributed by atoms with E-state index >= 15 is 0 Å². The molecule has 2 N–H and O–H groups in total. The van der Waals surface area contributed by atoms with Crippen LogP contribution in [0.15, 0.2) is 24.3 Å². The second-order valence-corrected chi connectivity index (χ2v) is 5.86. The van der Waals surface area contributed by atoms with Gasteiger partial charge in [-0.3, -0.25) is 0 Å². The number of thioether (sulfide) groups is 1. The Labute approximate surface area is 108 Å². The van der Waals surface area contributed by atoms with Crippen LogP contribution in [0.25, 0.3) is 0 Å². The van der Waals surface area contributed by atoms with Crippen LogP contribution in [0.5, 0.6) is 5.75 Å². The molecule has 0 bridgehead atoms. The van der Waals surface area contributed by atoms with Crippen LogP contribution in [-0.4, -0.2) is 24.2 Å². The average Bonchev–Trinajstić information content (AvgIpc) is 2.40. The minimum Gasteiger partial charge on any atom is -0.490 e. The fourth-order valence-corrected chi connectivity index (χ4v) is 3.06. The molecule has 2 nitrogen and oxygen atoms in total. The summed E-state index contributed by atoms with van der Waals surface area (Å²) in [7, 11) is 0. The van der Waals surface area contributed by atoms with Gasteiger partial charge in [-0.25, -0.2) is 0 Å². The molecular formula is C14H21NOS. The van der Waals surface area contributed by atoms with Crippen molar-refractivity contribution in [2.24, 2.45) is 5.73 Å². The maximum Gasteiger partial charge on any atom is 0.119 e. The molecule has 1 unspecified atom stereocenters. The Morgan fingerprint density at radius 2 is 1.94 bits per heavy atom. The van der Waals surface area contributed by atoms with E-state index in [1.807, 2.05) is 11.8 Å². The molecule has 1 atom stereocenters. The van der Waals surface area contributed by atoms with Gasteiger partial charge in [0.25, 0.3) is 0 Å². The highest BCUT2D eigenvalue weighted by Crippen LogP contribution is 2.24. The van der Waals surface area contributed by atoms with E-state index in [0.29, 0.717) is 18.6 Å². The normalized spacial score (nSPS) is 18.9. The highest BCUT2D eigenvalue weighted by atomic mass is 32.2. The number of nitrogens with two attached hydrogens (primary N) is 1. The molecule has 0 saturated carbocycles. The highest BCUT2D eigenvalue weighted by Gasteiger charge is 2.15. The number of hydrogen-bond donors (Lipinski definition) is 1. The van der Waals surface area contributed by atoms with E-state index in [2.05, 4.69) is 31.2 Å². The molecule has 1 fully saturated rings. The van der Waals surface area contributed by atoms with Gasteiger partial charge in [-0.2, -0.15) is 11.8 Å². The lowest BCUT2D eigenvalue weighted by molar-refractivity contribution is 0.192. The molecule has 1 aliphatic rings. The Bertz CT molecular complexity index is 333. The van der Waals surface area contributed by atoms with Crippen molar-refractivity contribution in [2.45, 2.75) is 31.8 Å². The van der Waals surface area contributed by atoms with Gasteiger partial charge in [0.05, 0.1) is 0 Å². The molecule has 1 saturated heterocycles. The van der Waals surface area contributed by atoms with Crippen molar-refractivity contribution in [1.82, 2.24) is 0 Å². The van der Waals surface area contributed by atoms with E-state index < -0.39 is 0 Å². The minimum atomic E-state index is 0.411. The van der Waals surface area contributed by atoms with E-state index in [4.69, 9.17) is 10.5 Å². The lowest BCUT2D eigenvalue weighted by Crippen LogP contribution is -2.22. The minimum absolute atomic E-state index is 0.411. The zero-order valence-corrected chi connectivity index (χ0v) is 11.2. The molecule has 1 aromatic carbocycles. The van der Waals surface area contributed by atoms with Crippen molar-refractivity contribution in [3.63, 3.8) is 0 Å². The van der Waals surface area contributed by atoms with Crippen LogP contribution in [-0.2, 0) is 0 Å². The highest BCUT2D eigenvalue weighted by molar-refractivity contribution is 7.99. The van der Waals surface area contributed by atoms with Gasteiger partial charge in [-0.1, -0.05) is 19.1 Å². The third-order valence-corrected chi connectivity index (χ3v) is 4.32. The Kier molecular flexibility index (Phi) is 4.75. The second kappa shape index (κ2) is 6.31. The number of rotatable bonds is 4. The predicted molar refractivity (Wildman–Crippen MR) is 74.9 cm³/mol. The van der Waals surface area contributed by atoms with Crippen LogP contribution in [0.3, 0.4) is 0 Å². The molecular weight excluding hydrogens is 230 g/mol. The molecule has 17 heavy (non-hydrogen) atoms. The molecule has 94 valence electrons. The van der Waals surface area contributed by atoms with Crippen molar-refractivity contribution in [3.8, 4) is 5.75 Å². The standard InChI is InChI=1S/C14H21NOS/c1-11(10-15)12-2-4-13(5-3-12)16-14-6-8-17-9-7-14/h2-5,11,14H,6-10,15H2,1H3. The van der Waals surface area contributed by atoms with Gasteiger partial charge < -0.3 is 10.5 Å². The summed E-state index contributed by atoms with van der Waals surface area (Å²) in [6.07, 6.45) is 2.76. The van der Waals surface area contributed by atoms with Crippen LogP contribution in [0.2, 0.25) is 0 Å². The van der Waals surface area contributed by atoms with Crippen LogP contribution >= 0.6 is 11.8 Å². The van der Waals surface area contributed by atoms with Gasteiger partial charge in [-0.05, 0) is 54.5 Å². The van der Waals surface area contributed by atoms with Crippen LogP contribution in [0, 0.1) is 0 Å².